The van der Waals surface area contributed by atoms with Crippen LogP contribution in [-0.2, 0) is 19.2 Å². The molecule has 0 spiro atoms. The van der Waals surface area contributed by atoms with Gasteiger partial charge >= 0.3 is 10.1 Å². The number of carbonyl (C=O) groups excluding carboxylic acids is 1. The number of benzene rings is 1. The summed E-state index contributed by atoms with van der Waals surface area (Å²) in [5.74, 6) is -0.663. The lowest BCUT2D eigenvalue weighted by atomic mass is 10.4. The van der Waals surface area contributed by atoms with E-state index in [0.717, 1.165) is 4.90 Å². The van der Waals surface area contributed by atoms with Crippen molar-refractivity contribution < 1.29 is 17.5 Å². The van der Waals surface area contributed by atoms with Crippen molar-refractivity contribution in [3.8, 4) is 0 Å². The number of hydrogen-bond donors (Lipinski definition) is 0. The molecule has 6 nitrogen and oxygen atoms in total. The molecule has 1 aromatic rings. The maximum absolute atomic E-state index is 11.8. The molecule has 0 aliphatic heterocycles. The first kappa shape index (κ1) is 15.9. The lowest BCUT2D eigenvalue weighted by Gasteiger charge is -2.08. The number of halogens is 2. The molecule has 0 saturated heterocycles. The van der Waals surface area contributed by atoms with Crippen LogP contribution < -0.4 is 0 Å². The summed E-state index contributed by atoms with van der Waals surface area (Å²) in [5, 5.41) is 2.53. The molecule has 0 aliphatic carbocycles. The average Bonchev–Trinajstić information content (AvgIpc) is 2.35. The normalized spacial score (nSPS) is 12.1. The molecule has 19 heavy (non-hydrogen) atoms. The van der Waals surface area contributed by atoms with Crippen molar-refractivity contribution in [2.24, 2.45) is 5.16 Å². The first-order valence-electron chi connectivity index (χ1n) is 4.89. The molecule has 1 amide bonds. The van der Waals surface area contributed by atoms with Crippen molar-refractivity contribution in [2.75, 3.05) is 14.1 Å². The van der Waals surface area contributed by atoms with Crippen molar-refractivity contribution in [1.82, 2.24) is 4.90 Å². The zero-order chi connectivity index (χ0) is 14.6. The number of oxime groups is 1. The Balaban J connectivity index is 2.97. The summed E-state index contributed by atoms with van der Waals surface area (Å²) in [7, 11) is -1.24. The number of carbonyl (C=O) groups is 1. The molecule has 0 heterocycles. The van der Waals surface area contributed by atoms with Gasteiger partial charge in [0.05, 0.1) is 0 Å². The Labute approximate surface area is 124 Å². The highest BCUT2D eigenvalue weighted by Crippen LogP contribution is 2.23. The van der Waals surface area contributed by atoms with Gasteiger partial charge in [0.25, 0.3) is 5.91 Å². The molecular weight excluding hydrogens is 360 g/mol. The van der Waals surface area contributed by atoms with Gasteiger partial charge < -0.3 is 4.90 Å². The van der Waals surface area contributed by atoms with E-state index in [1.165, 1.54) is 32.3 Å². The third-order valence-electron chi connectivity index (χ3n) is 1.90. The first-order valence-corrected chi connectivity index (χ1v) is 7.47. The van der Waals surface area contributed by atoms with E-state index in [1.54, 1.807) is 6.07 Å². The highest BCUT2D eigenvalue weighted by Gasteiger charge is 2.20. The van der Waals surface area contributed by atoms with Gasteiger partial charge in [0.15, 0.2) is 0 Å². The van der Waals surface area contributed by atoms with Crippen molar-refractivity contribution in [3.63, 3.8) is 0 Å². The molecule has 0 saturated carbocycles. The second-order valence-electron chi connectivity index (χ2n) is 3.54. The standard InChI is InChI=1S/C10H10BrClN2O4S/c1-14(2)10(15)9(12)13-18-19(16,17)8-6-4-3-5-7(8)11/h3-6H,1-2H3. The van der Waals surface area contributed by atoms with Crippen molar-refractivity contribution in [2.45, 2.75) is 4.90 Å². The quantitative estimate of drug-likeness (QED) is 0.599. The Morgan fingerprint density at radius 2 is 1.95 bits per heavy atom. The molecular formula is C10H10BrClN2O4S. The Morgan fingerprint density at radius 3 is 2.47 bits per heavy atom. The van der Waals surface area contributed by atoms with Gasteiger partial charge in [0.2, 0.25) is 5.17 Å². The predicted octanol–water partition coefficient (Wildman–Crippen LogP) is 1.79. The highest BCUT2D eigenvalue weighted by molar-refractivity contribution is 9.10. The molecule has 1 aromatic carbocycles. The van der Waals surface area contributed by atoms with E-state index in [-0.39, 0.29) is 4.90 Å². The minimum absolute atomic E-state index is 0.111. The smallest absolute Gasteiger partial charge is 0.343 e. The lowest BCUT2D eigenvalue weighted by molar-refractivity contribution is -0.121. The average molecular weight is 370 g/mol. The zero-order valence-electron chi connectivity index (χ0n) is 10.0. The van der Waals surface area contributed by atoms with Gasteiger partial charge in [-0.2, -0.15) is 8.42 Å². The van der Waals surface area contributed by atoms with Gasteiger partial charge in [-0.1, -0.05) is 23.7 Å². The van der Waals surface area contributed by atoms with Gasteiger partial charge in [-0.05, 0) is 33.2 Å². The van der Waals surface area contributed by atoms with Gasteiger partial charge in [-0.3, -0.25) is 9.08 Å². The molecule has 0 atom stereocenters. The fourth-order valence-electron chi connectivity index (χ4n) is 0.993. The van der Waals surface area contributed by atoms with Crippen molar-refractivity contribution in [1.29, 1.82) is 0 Å². The predicted molar refractivity (Wildman–Crippen MR) is 74.4 cm³/mol. The van der Waals surface area contributed by atoms with Gasteiger partial charge in [0, 0.05) is 18.6 Å². The van der Waals surface area contributed by atoms with Crippen molar-refractivity contribution in [3.05, 3.63) is 28.7 Å². The van der Waals surface area contributed by atoms with Crippen LogP contribution in [0.2, 0.25) is 0 Å². The molecule has 0 aromatic heterocycles. The Kier molecular flexibility index (Phi) is 5.33. The summed E-state index contributed by atoms with van der Waals surface area (Å²) in [6.07, 6.45) is 0. The van der Waals surface area contributed by atoms with Crippen LogP contribution in [0.1, 0.15) is 0 Å². The summed E-state index contributed by atoms with van der Waals surface area (Å²) in [4.78, 5) is 12.4. The van der Waals surface area contributed by atoms with Crippen LogP contribution in [-0.4, -0.2) is 38.5 Å². The third-order valence-corrected chi connectivity index (χ3v) is 4.25. The Morgan fingerprint density at radius 1 is 1.37 bits per heavy atom. The minimum Gasteiger partial charge on any atom is -0.343 e. The Hall–Kier alpha value is -1.12. The number of nitrogens with zero attached hydrogens (tertiary/aromatic N) is 2. The van der Waals surface area contributed by atoms with Crippen molar-refractivity contribution >= 4 is 48.7 Å². The first-order chi connectivity index (χ1) is 8.75. The van der Waals surface area contributed by atoms with E-state index in [2.05, 4.69) is 25.4 Å². The summed E-state index contributed by atoms with van der Waals surface area (Å²) in [5.41, 5.74) is 0. The molecule has 0 bridgehead atoms. The maximum Gasteiger partial charge on any atom is 0.359 e. The van der Waals surface area contributed by atoms with Gasteiger partial charge in [0.1, 0.15) is 4.90 Å². The Bertz CT molecular complexity index is 616. The highest BCUT2D eigenvalue weighted by atomic mass is 79.9. The van der Waals surface area contributed by atoms with E-state index in [0.29, 0.717) is 4.47 Å². The molecule has 9 heteroatoms. The van der Waals surface area contributed by atoms with E-state index in [9.17, 15) is 13.2 Å². The number of amides is 1. The fourth-order valence-corrected chi connectivity index (χ4v) is 2.92. The molecule has 0 fully saturated rings. The van der Waals surface area contributed by atoms with Crippen LogP contribution in [0.25, 0.3) is 0 Å². The van der Waals surface area contributed by atoms with Crippen LogP contribution in [0.4, 0.5) is 0 Å². The van der Waals surface area contributed by atoms with Crippen LogP contribution in [0.15, 0.2) is 38.8 Å². The summed E-state index contributed by atoms with van der Waals surface area (Å²) in [6.45, 7) is 0. The molecule has 1 rings (SSSR count). The second-order valence-corrected chi connectivity index (χ2v) is 6.25. The number of rotatable bonds is 4. The molecule has 104 valence electrons. The van der Waals surface area contributed by atoms with Crippen LogP contribution >= 0.6 is 27.5 Å². The number of hydrogen-bond acceptors (Lipinski definition) is 5. The lowest BCUT2D eigenvalue weighted by Crippen LogP contribution is -2.27. The zero-order valence-corrected chi connectivity index (χ0v) is 13.2. The minimum atomic E-state index is -4.13. The topological polar surface area (TPSA) is 76.0 Å². The van der Waals surface area contributed by atoms with E-state index in [4.69, 9.17) is 11.6 Å². The fraction of sp³-hybridized carbons (Fsp3) is 0.200. The molecule has 0 unspecified atom stereocenters. The molecule has 0 N–H and O–H groups in total. The van der Waals surface area contributed by atoms with E-state index in [1.807, 2.05) is 0 Å². The monoisotopic (exact) mass is 368 g/mol. The van der Waals surface area contributed by atoms with E-state index < -0.39 is 21.2 Å². The van der Waals surface area contributed by atoms with Gasteiger partial charge in [-0.15, -0.1) is 0 Å². The maximum atomic E-state index is 11.8. The summed E-state index contributed by atoms with van der Waals surface area (Å²) < 4.78 is 28.3. The van der Waals surface area contributed by atoms with Crippen LogP contribution in [0.5, 0.6) is 0 Å². The third kappa shape index (κ3) is 4.19. The second kappa shape index (κ2) is 6.36. The summed E-state index contributed by atoms with van der Waals surface area (Å²) in [6, 6.07) is 6.04. The van der Waals surface area contributed by atoms with Crippen LogP contribution in [0, 0.1) is 0 Å². The summed E-state index contributed by atoms with van der Waals surface area (Å²) >= 11 is 8.59. The SMILES string of the molecule is CN(C)C(=O)C(Cl)=NOS(=O)(=O)c1ccccc1Br. The van der Waals surface area contributed by atoms with Gasteiger partial charge in [-0.25, -0.2) is 0 Å². The van der Waals surface area contributed by atoms with Crippen LogP contribution in [0.3, 0.4) is 0 Å². The molecule has 0 radical (unpaired) electrons. The largest absolute Gasteiger partial charge is 0.359 e. The van der Waals surface area contributed by atoms with E-state index >= 15 is 0 Å². The molecule has 0 aliphatic rings.